The number of benzene rings is 2. The zero-order valence-electron chi connectivity index (χ0n) is 13.5. The van der Waals surface area contributed by atoms with Crippen molar-refractivity contribution in [3.05, 3.63) is 70.2 Å². The van der Waals surface area contributed by atoms with Gasteiger partial charge in [-0.05, 0) is 60.4 Å². The first-order valence-corrected chi connectivity index (χ1v) is 8.99. The second-order valence-electron chi connectivity index (χ2n) is 6.77. The number of hydrogen-bond donors (Lipinski definition) is 2. The molecule has 2 unspecified atom stereocenters. The number of fused-ring (bicyclic) bond motifs is 1. The van der Waals surface area contributed by atoms with Crippen LogP contribution in [0.5, 0.6) is 0 Å². The van der Waals surface area contributed by atoms with Gasteiger partial charge in [0.1, 0.15) is 0 Å². The second-order valence-corrected chi connectivity index (χ2v) is 7.21. The van der Waals surface area contributed by atoms with Gasteiger partial charge in [-0.2, -0.15) is 0 Å². The zero-order valence-corrected chi connectivity index (χ0v) is 14.2. The fourth-order valence-electron chi connectivity index (χ4n) is 3.62. The smallest absolute Gasteiger partial charge is 0.315 e. The van der Waals surface area contributed by atoms with E-state index in [0.717, 1.165) is 23.4 Å². The molecule has 4 heteroatoms. The molecule has 124 valence electrons. The lowest BCUT2D eigenvalue weighted by Crippen LogP contribution is -2.40. The number of aryl methyl sites for hydroxylation is 1. The molecule has 0 spiro atoms. The van der Waals surface area contributed by atoms with Crippen molar-refractivity contribution in [2.75, 3.05) is 0 Å². The average Bonchev–Trinajstić information content (AvgIpc) is 3.36. The molecule has 3 nitrogen and oxygen atoms in total. The molecule has 24 heavy (non-hydrogen) atoms. The molecule has 2 aliphatic rings. The summed E-state index contributed by atoms with van der Waals surface area (Å²) in [6, 6.07) is 16.3. The lowest BCUT2D eigenvalue weighted by atomic mass is 10.0. The molecule has 2 aliphatic carbocycles. The molecule has 0 saturated heterocycles. The summed E-state index contributed by atoms with van der Waals surface area (Å²) in [4.78, 5) is 12.5. The minimum absolute atomic E-state index is 0.0684. The third-order valence-corrected chi connectivity index (χ3v) is 5.30. The summed E-state index contributed by atoms with van der Waals surface area (Å²) in [5.41, 5.74) is 3.73. The van der Waals surface area contributed by atoms with Crippen molar-refractivity contribution in [2.45, 2.75) is 37.8 Å². The Morgan fingerprint density at radius 2 is 1.79 bits per heavy atom. The number of carbonyl (C=O) groups is 1. The lowest BCUT2D eigenvalue weighted by molar-refractivity contribution is 0.231. The summed E-state index contributed by atoms with van der Waals surface area (Å²) >= 11 is 5.98. The predicted octanol–water partition coefficient (Wildman–Crippen LogP) is 4.78. The fraction of sp³-hybridized carbons (Fsp3) is 0.350. The van der Waals surface area contributed by atoms with Crippen LogP contribution in [0.15, 0.2) is 48.5 Å². The molecular formula is C20H21ClN2O. The van der Waals surface area contributed by atoms with Crippen LogP contribution in [0, 0.1) is 5.92 Å². The van der Waals surface area contributed by atoms with Crippen LogP contribution < -0.4 is 10.6 Å². The molecule has 0 heterocycles. The van der Waals surface area contributed by atoms with Crippen molar-refractivity contribution in [3.8, 4) is 0 Å². The van der Waals surface area contributed by atoms with Gasteiger partial charge in [-0.1, -0.05) is 48.0 Å². The quantitative estimate of drug-likeness (QED) is 0.826. The van der Waals surface area contributed by atoms with Crippen LogP contribution in [0.25, 0.3) is 0 Å². The first-order valence-electron chi connectivity index (χ1n) is 8.61. The van der Waals surface area contributed by atoms with Crippen LogP contribution in [-0.2, 0) is 6.42 Å². The molecule has 0 aromatic heterocycles. The fourth-order valence-corrected chi connectivity index (χ4v) is 3.75. The SMILES string of the molecule is O=C(NC1CCc2ccccc21)NC(c1ccc(Cl)cc1)C1CC1. The van der Waals surface area contributed by atoms with Gasteiger partial charge in [-0.3, -0.25) is 0 Å². The van der Waals surface area contributed by atoms with Gasteiger partial charge < -0.3 is 10.6 Å². The van der Waals surface area contributed by atoms with Gasteiger partial charge in [-0.15, -0.1) is 0 Å². The van der Waals surface area contributed by atoms with E-state index in [1.807, 2.05) is 30.3 Å². The van der Waals surface area contributed by atoms with Crippen LogP contribution in [0.4, 0.5) is 4.79 Å². The Kier molecular flexibility index (Phi) is 4.19. The Bertz CT molecular complexity index is 740. The highest BCUT2D eigenvalue weighted by Crippen LogP contribution is 2.41. The van der Waals surface area contributed by atoms with E-state index >= 15 is 0 Å². The minimum atomic E-state index is -0.0800. The first kappa shape index (κ1) is 15.5. The number of carbonyl (C=O) groups excluding carboxylic acids is 1. The van der Waals surface area contributed by atoms with Crippen LogP contribution >= 0.6 is 11.6 Å². The molecule has 0 aliphatic heterocycles. The summed E-state index contributed by atoms with van der Waals surface area (Å²) in [5, 5.41) is 7.06. The molecule has 2 amide bonds. The van der Waals surface area contributed by atoms with E-state index < -0.39 is 0 Å². The summed E-state index contributed by atoms with van der Waals surface area (Å²) in [6.45, 7) is 0. The standard InChI is InChI=1S/C20H21ClN2O/c21-16-10-7-15(8-11-16)19(14-5-6-14)23-20(24)22-18-12-9-13-3-1-2-4-17(13)18/h1-4,7-8,10-11,14,18-19H,5-6,9,12H2,(H2,22,23,24). The molecule has 2 aromatic rings. The minimum Gasteiger partial charge on any atom is -0.331 e. The summed E-state index contributed by atoms with van der Waals surface area (Å²) < 4.78 is 0. The summed E-state index contributed by atoms with van der Waals surface area (Å²) in [7, 11) is 0. The van der Waals surface area contributed by atoms with Crippen molar-refractivity contribution in [3.63, 3.8) is 0 Å². The van der Waals surface area contributed by atoms with E-state index in [0.29, 0.717) is 5.92 Å². The predicted molar refractivity (Wildman–Crippen MR) is 96.1 cm³/mol. The van der Waals surface area contributed by atoms with Crippen molar-refractivity contribution < 1.29 is 4.79 Å². The van der Waals surface area contributed by atoms with E-state index in [4.69, 9.17) is 11.6 Å². The van der Waals surface area contributed by atoms with Gasteiger partial charge in [0.2, 0.25) is 0 Å². The number of hydrogen-bond acceptors (Lipinski definition) is 1. The lowest BCUT2D eigenvalue weighted by Gasteiger charge is -2.21. The van der Waals surface area contributed by atoms with Crippen molar-refractivity contribution in [1.29, 1.82) is 0 Å². The van der Waals surface area contributed by atoms with Crippen LogP contribution in [0.2, 0.25) is 5.02 Å². The maximum absolute atomic E-state index is 12.5. The molecule has 4 rings (SSSR count). The second kappa shape index (κ2) is 6.48. The third kappa shape index (κ3) is 3.27. The number of nitrogens with one attached hydrogen (secondary N) is 2. The van der Waals surface area contributed by atoms with E-state index in [1.165, 1.54) is 24.0 Å². The van der Waals surface area contributed by atoms with Gasteiger partial charge >= 0.3 is 6.03 Å². The van der Waals surface area contributed by atoms with Gasteiger partial charge in [0.15, 0.2) is 0 Å². The molecule has 2 atom stereocenters. The highest BCUT2D eigenvalue weighted by Gasteiger charge is 2.34. The van der Waals surface area contributed by atoms with Crippen LogP contribution in [0.1, 0.15) is 48.0 Å². The van der Waals surface area contributed by atoms with E-state index in [2.05, 4.69) is 28.8 Å². The maximum atomic E-state index is 12.5. The van der Waals surface area contributed by atoms with E-state index in [-0.39, 0.29) is 18.1 Å². The van der Waals surface area contributed by atoms with Crippen molar-refractivity contribution >= 4 is 17.6 Å². The number of halogens is 1. The monoisotopic (exact) mass is 340 g/mol. The molecule has 2 N–H and O–H groups in total. The van der Waals surface area contributed by atoms with E-state index in [1.54, 1.807) is 0 Å². The Morgan fingerprint density at radius 1 is 1.04 bits per heavy atom. The Morgan fingerprint density at radius 3 is 2.54 bits per heavy atom. The Hall–Kier alpha value is -2.00. The topological polar surface area (TPSA) is 41.1 Å². The largest absolute Gasteiger partial charge is 0.331 e. The molecule has 0 radical (unpaired) electrons. The maximum Gasteiger partial charge on any atom is 0.315 e. The first-order chi connectivity index (χ1) is 11.7. The summed E-state index contributed by atoms with van der Waals surface area (Å²) in [5.74, 6) is 0.535. The molecule has 1 fully saturated rings. The highest BCUT2D eigenvalue weighted by molar-refractivity contribution is 6.30. The highest BCUT2D eigenvalue weighted by atomic mass is 35.5. The average molecular weight is 341 g/mol. The molecule has 1 saturated carbocycles. The number of amides is 2. The summed E-state index contributed by atoms with van der Waals surface area (Å²) in [6.07, 6.45) is 4.34. The van der Waals surface area contributed by atoms with Gasteiger partial charge in [-0.25, -0.2) is 4.79 Å². The molecule has 0 bridgehead atoms. The Labute approximate surface area is 147 Å². The van der Waals surface area contributed by atoms with Gasteiger partial charge in [0, 0.05) is 5.02 Å². The van der Waals surface area contributed by atoms with Gasteiger partial charge in [0.05, 0.1) is 12.1 Å². The van der Waals surface area contributed by atoms with Crippen LogP contribution in [0.3, 0.4) is 0 Å². The molecular weight excluding hydrogens is 320 g/mol. The number of rotatable bonds is 4. The van der Waals surface area contributed by atoms with Crippen molar-refractivity contribution in [2.24, 2.45) is 5.92 Å². The van der Waals surface area contributed by atoms with Gasteiger partial charge in [0.25, 0.3) is 0 Å². The Balaban J connectivity index is 1.44. The third-order valence-electron chi connectivity index (χ3n) is 5.05. The normalized spacial score (nSPS) is 20.3. The molecule has 2 aromatic carbocycles. The zero-order chi connectivity index (χ0) is 16.5. The van der Waals surface area contributed by atoms with Crippen molar-refractivity contribution in [1.82, 2.24) is 10.6 Å². The van der Waals surface area contributed by atoms with E-state index in [9.17, 15) is 4.79 Å². The van der Waals surface area contributed by atoms with Crippen LogP contribution in [-0.4, -0.2) is 6.03 Å². The number of urea groups is 1.